The van der Waals surface area contributed by atoms with Gasteiger partial charge < -0.3 is 10.0 Å². The number of carboxylic acid groups (broad SMARTS) is 1. The van der Waals surface area contributed by atoms with Crippen LogP contribution in [0.1, 0.15) is 45.4 Å². The number of hydrogen-bond donors (Lipinski definition) is 1. The number of amides is 1. The molecule has 1 aliphatic carbocycles. The Morgan fingerprint density at radius 2 is 1.95 bits per heavy atom. The van der Waals surface area contributed by atoms with E-state index in [2.05, 4.69) is 6.92 Å². The molecule has 0 bridgehead atoms. The number of carboxylic acids is 1. The Hall–Kier alpha value is -1.32. The molecular weight excluding hydrogens is 242 g/mol. The first-order chi connectivity index (χ1) is 9.06. The highest BCUT2D eigenvalue weighted by molar-refractivity contribution is 5.88. The zero-order valence-corrected chi connectivity index (χ0v) is 11.6. The largest absolute Gasteiger partial charge is 0.481 e. The summed E-state index contributed by atoms with van der Waals surface area (Å²) in [5, 5.41) is 9.04. The molecule has 4 nitrogen and oxygen atoms in total. The minimum absolute atomic E-state index is 0.00973. The predicted molar refractivity (Wildman–Crippen MR) is 72.7 cm³/mol. The van der Waals surface area contributed by atoms with Gasteiger partial charge in [0.25, 0.3) is 0 Å². The van der Waals surface area contributed by atoms with Crippen molar-refractivity contribution >= 4 is 11.9 Å². The van der Waals surface area contributed by atoms with Crippen LogP contribution in [-0.2, 0) is 9.59 Å². The van der Waals surface area contributed by atoms with Crippen LogP contribution in [0.15, 0.2) is 11.6 Å². The Morgan fingerprint density at radius 3 is 2.58 bits per heavy atom. The van der Waals surface area contributed by atoms with Gasteiger partial charge in [0.1, 0.15) is 0 Å². The monoisotopic (exact) mass is 265 g/mol. The van der Waals surface area contributed by atoms with E-state index in [4.69, 9.17) is 5.11 Å². The van der Waals surface area contributed by atoms with Crippen molar-refractivity contribution in [2.45, 2.75) is 45.4 Å². The molecule has 1 unspecified atom stereocenters. The Bertz CT molecular complexity index is 379. The lowest BCUT2D eigenvalue weighted by atomic mass is 9.87. The molecule has 1 atom stereocenters. The molecule has 0 aromatic rings. The van der Waals surface area contributed by atoms with Crippen LogP contribution in [0.3, 0.4) is 0 Å². The molecule has 1 N–H and O–H groups in total. The summed E-state index contributed by atoms with van der Waals surface area (Å²) in [6.07, 6.45) is 7.60. The maximum atomic E-state index is 12.2. The summed E-state index contributed by atoms with van der Waals surface area (Å²) in [7, 11) is 0. The number of nitrogens with zero attached hydrogens (tertiary/aromatic N) is 1. The van der Waals surface area contributed by atoms with E-state index in [1.807, 2.05) is 0 Å². The lowest BCUT2D eigenvalue weighted by Gasteiger charge is -2.30. The molecule has 2 fully saturated rings. The first-order valence-corrected chi connectivity index (χ1v) is 7.27. The summed E-state index contributed by atoms with van der Waals surface area (Å²) in [5.74, 6) is -0.395. The number of aliphatic carboxylic acids is 1. The molecule has 1 saturated carbocycles. The van der Waals surface area contributed by atoms with E-state index in [-0.39, 0.29) is 11.8 Å². The zero-order valence-electron chi connectivity index (χ0n) is 11.6. The van der Waals surface area contributed by atoms with Gasteiger partial charge in [0.15, 0.2) is 0 Å². The van der Waals surface area contributed by atoms with Crippen LogP contribution in [0.25, 0.3) is 0 Å². The molecule has 19 heavy (non-hydrogen) atoms. The molecular formula is C15H23NO3. The van der Waals surface area contributed by atoms with Crippen LogP contribution in [0.4, 0.5) is 0 Å². The third kappa shape index (κ3) is 3.82. The summed E-state index contributed by atoms with van der Waals surface area (Å²) >= 11 is 0. The van der Waals surface area contributed by atoms with Crippen LogP contribution in [-0.4, -0.2) is 35.0 Å². The minimum atomic E-state index is -0.781. The molecule has 0 radical (unpaired) electrons. The van der Waals surface area contributed by atoms with E-state index in [9.17, 15) is 9.59 Å². The number of likely N-dealkylation sites (tertiary alicyclic amines) is 1. The number of rotatable bonds is 2. The maximum Gasteiger partial charge on any atom is 0.308 e. The first-order valence-electron chi connectivity index (χ1n) is 7.27. The van der Waals surface area contributed by atoms with Crippen molar-refractivity contribution in [2.75, 3.05) is 13.1 Å². The molecule has 0 aromatic heterocycles. The van der Waals surface area contributed by atoms with E-state index in [1.54, 1.807) is 11.0 Å². The third-order valence-corrected chi connectivity index (χ3v) is 4.33. The molecule has 2 rings (SSSR count). The summed E-state index contributed by atoms with van der Waals surface area (Å²) in [5.41, 5.74) is 1.24. The fourth-order valence-electron chi connectivity index (χ4n) is 2.92. The van der Waals surface area contributed by atoms with Crippen molar-refractivity contribution < 1.29 is 14.7 Å². The molecule has 1 amide bonds. The molecule has 1 aliphatic heterocycles. The van der Waals surface area contributed by atoms with E-state index in [0.29, 0.717) is 19.5 Å². The van der Waals surface area contributed by atoms with Gasteiger partial charge in [-0.1, -0.05) is 12.5 Å². The molecule has 1 saturated heterocycles. The van der Waals surface area contributed by atoms with Gasteiger partial charge in [-0.05, 0) is 44.4 Å². The highest BCUT2D eigenvalue weighted by Gasteiger charge is 2.27. The molecule has 106 valence electrons. The summed E-state index contributed by atoms with van der Waals surface area (Å²) in [6, 6.07) is 0. The molecule has 1 heterocycles. The molecule has 0 spiro atoms. The van der Waals surface area contributed by atoms with Gasteiger partial charge in [-0.25, -0.2) is 0 Å². The predicted octanol–water partition coefficient (Wildman–Crippen LogP) is 2.45. The number of hydrogen-bond acceptors (Lipinski definition) is 2. The van der Waals surface area contributed by atoms with Crippen LogP contribution in [0.2, 0.25) is 0 Å². The smallest absolute Gasteiger partial charge is 0.308 e. The van der Waals surface area contributed by atoms with Crippen molar-refractivity contribution in [3.63, 3.8) is 0 Å². The number of carbonyl (C=O) groups is 2. The van der Waals surface area contributed by atoms with Crippen LogP contribution in [0, 0.1) is 11.8 Å². The van der Waals surface area contributed by atoms with Gasteiger partial charge in [-0.15, -0.1) is 0 Å². The topological polar surface area (TPSA) is 57.6 Å². The van der Waals surface area contributed by atoms with Gasteiger partial charge >= 0.3 is 5.97 Å². The van der Waals surface area contributed by atoms with Crippen molar-refractivity contribution in [3.8, 4) is 0 Å². The minimum Gasteiger partial charge on any atom is -0.481 e. The van der Waals surface area contributed by atoms with E-state index < -0.39 is 5.97 Å². The Labute approximate surface area is 114 Å². The number of carbonyl (C=O) groups excluding carboxylic acids is 1. The molecule has 4 heteroatoms. The quantitative estimate of drug-likeness (QED) is 0.780. The lowest BCUT2D eigenvalue weighted by molar-refractivity contribution is -0.144. The van der Waals surface area contributed by atoms with Gasteiger partial charge in [0.2, 0.25) is 5.91 Å². The van der Waals surface area contributed by atoms with Gasteiger partial charge in [0, 0.05) is 19.2 Å². The number of allylic oxidation sites excluding steroid dienone is 1. The first kappa shape index (κ1) is 14.1. The van der Waals surface area contributed by atoms with Crippen molar-refractivity contribution in [2.24, 2.45) is 11.8 Å². The Balaban J connectivity index is 1.92. The lowest BCUT2D eigenvalue weighted by Crippen LogP contribution is -2.41. The van der Waals surface area contributed by atoms with Gasteiger partial charge in [0.05, 0.1) is 5.92 Å². The normalized spacial score (nSPS) is 28.1. The number of piperidine rings is 1. The van der Waals surface area contributed by atoms with Crippen molar-refractivity contribution in [1.82, 2.24) is 4.90 Å². The van der Waals surface area contributed by atoms with Crippen LogP contribution >= 0.6 is 0 Å². The summed E-state index contributed by atoms with van der Waals surface area (Å²) in [4.78, 5) is 24.9. The van der Waals surface area contributed by atoms with E-state index in [0.717, 1.165) is 38.0 Å². The zero-order chi connectivity index (χ0) is 13.8. The van der Waals surface area contributed by atoms with Gasteiger partial charge in [-0.3, -0.25) is 9.59 Å². The molecule has 2 aliphatic rings. The average molecular weight is 265 g/mol. The van der Waals surface area contributed by atoms with E-state index >= 15 is 0 Å². The van der Waals surface area contributed by atoms with Crippen molar-refractivity contribution in [1.29, 1.82) is 0 Å². The second kappa shape index (κ2) is 6.22. The van der Waals surface area contributed by atoms with Gasteiger partial charge in [-0.2, -0.15) is 0 Å². The average Bonchev–Trinajstić information content (AvgIpc) is 2.41. The maximum absolute atomic E-state index is 12.2. The SMILES string of the molecule is CC1CCC(=CC(=O)N2CCCC(C(=O)O)C2)CC1. The summed E-state index contributed by atoms with van der Waals surface area (Å²) < 4.78 is 0. The molecule has 0 aromatic carbocycles. The third-order valence-electron chi connectivity index (χ3n) is 4.33. The fraction of sp³-hybridized carbons (Fsp3) is 0.733. The Morgan fingerprint density at radius 1 is 1.26 bits per heavy atom. The second-order valence-electron chi connectivity index (χ2n) is 5.95. The van der Waals surface area contributed by atoms with Crippen LogP contribution in [0.5, 0.6) is 0 Å². The van der Waals surface area contributed by atoms with E-state index in [1.165, 1.54) is 5.57 Å². The summed E-state index contributed by atoms with van der Waals surface area (Å²) in [6.45, 7) is 3.32. The highest BCUT2D eigenvalue weighted by atomic mass is 16.4. The van der Waals surface area contributed by atoms with Crippen LogP contribution < -0.4 is 0 Å². The van der Waals surface area contributed by atoms with Crippen molar-refractivity contribution in [3.05, 3.63) is 11.6 Å². The Kier molecular flexibility index (Phi) is 4.61. The fourth-order valence-corrected chi connectivity index (χ4v) is 2.92. The second-order valence-corrected chi connectivity index (χ2v) is 5.95. The standard InChI is InChI=1S/C15H23NO3/c1-11-4-6-12(7-5-11)9-14(17)16-8-2-3-13(10-16)15(18)19/h9,11,13H,2-8,10H2,1H3,(H,18,19). The highest BCUT2D eigenvalue weighted by Crippen LogP contribution is 2.28.